The van der Waals surface area contributed by atoms with Gasteiger partial charge in [-0.05, 0) is 36.8 Å². The van der Waals surface area contributed by atoms with Crippen LogP contribution in [-0.2, 0) is 0 Å². The van der Waals surface area contributed by atoms with Crippen molar-refractivity contribution >= 4 is 21.9 Å². The molecule has 3 aromatic carbocycles. The smallest absolute Gasteiger partial charge is 0.346 e. The molecule has 0 amide bonds. The summed E-state index contributed by atoms with van der Waals surface area (Å²) in [5.74, 6) is 0. The number of rotatable bonds is 2. The van der Waals surface area contributed by atoms with Crippen LogP contribution in [0.15, 0.2) is 94.3 Å². The highest BCUT2D eigenvalue weighted by molar-refractivity contribution is 6.09. The molecule has 5 aromatic rings. The SMILES string of the molecule is Cc1ccc(-n2cc(-c3ccccc3)c3c(=O)oc4ccccc4c32)cc1. The second-order valence-electron chi connectivity index (χ2n) is 6.72. The molecule has 0 radical (unpaired) electrons. The summed E-state index contributed by atoms with van der Waals surface area (Å²) in [6.45, 7) is 2.07. The summed E-state index contributed by atoms with van der Waals surface area (Å²) in [6, 6.07) is 26.0. The second-order valence-corrected chi connectivity index (χ2v) is 6.72. The summed E-state index contributed by atoms with van der Waals surface area (Å²) in [4.78, 5) is 12.9. The maximum absolute atomic E-state index is 12.9. The van der Waals surface area contributed by atoms with Crippen molar-refractivity contribution in [2.45, 2.75) is 6.92 Å². The first-order chi connectivity index (χ1) is 13.2. The molecule has 0 aliphatic carbocycles. The van der Waals surface area contributed by atoms with E-state index in [-0.39, 0.29) is 5.63 Å². The number of nitrogens with zero attached hydrogens (tertiary/aromatic N) is 1. The lowest BCUT2D eigenvalue weighted by Crippen LogP contribution is -2.01. The molecule has 2 aromatic heterocycles. The first kappa shape index (κ1) is 15.6. The Kier molecular flexibility index (Phi) is 3.47. The van der Waals surface area contributed by atoms with Gasteiger partial charge in [0.05, 0.1) is 10.9 Å². The Balaban J connectivity index is 1.97. The van der Waals surface area contributed by atoms with Gasteiger partial charge in [-0.2, -0.15) is 0 Å². The van der Waals surface area contributed by atoms with E-state index in [1.165, 1.54) is 5.56 Å². The number of benzene rings is 3. The molecule has 3 nitrogen and oxygen atoms in total. The monoisotopic (exact) mass is 351 g/mol. The van der Waals surface area contributed by atoms with Gasteiger partial charge >= 0.3 is 5.63 Å². The van der Waals surface area contributed by atoms with E-state index in [9.17, 15) is 4.79 Å². The van der Waals surface area contributed by atoms with E-state index in [2.05, 4.69) is 35.8 Å². The third kappa shape index (κ3) is 2.48. The van der Waals surface area contributed by atoms with Gasteiger partial charge in [0.1, 0.15) is 5.58 Å². The molecule has 2 heterocycles. The first-order valence-electron chi connectivity index (χ1n) is 8.92. The van der Waals surface area contributed by atoms with Crippen LogP contribution in [0.2, 0.25) is 0 Å². The highest BCUT2D eigenvalue weighted by atomic mass is 16.4. The summed E-state index contributed by atoms with van der Waals surface area (Å²) in [7, 11) is 0. The number of fused-ring (bicyclic) bond motifs is 3. The minimum atomic E-state index is -0.312. The molecular weight excluding hydrogens is 334 g/mol. The van der Waals surface area contributed by atoms with Gasteiger partial charge in [-0.3, -0.25) is 0 Å². The predicted molar refractivity (Wildman–Crippen MR) is 109 cm³/mol. The van der Waals surface area contributed by atoms with Gasteiger partial charge in [0.15, 0.2) is 0 Å². The van der Waals surface area contributed by atoms with Gasteiger partial charge < -0.3 is 8.98 Å². The minimum Gasteiger partial charge on any atom is -0.422 e. The van der Waals surface area contributed by atoms with Crippen molar-refractivity contribution in [1.82, 2.24) is 4.57 Å². The van der Waals surface area contributed by atoms with Gasteiger partial charge in [-0.1, -0.05) is 60.2 Å². The zero-order valence-corrected chi connectivity index (χ0v) is 14.8. The summed E-state index contributed by atoms with van der Waals surface area (Å²) in [5, 5.41) is 1.54. The fourth-order valence-electron chi connectivity index (χ4n) is 3.63. The molecule has 5 rings (SSSR count). The van der Waals surface area contributed by atoms with Gasteiger partial charge in [0.25, 0.3) is 0 Å². The van der Waals surface area contributed by atoms with E-state index in [0.29, 0.717) is 11.0 Å². The van der Waals surface area contributed by atoms with Crippen molar-refractivity contribution in [3.05, 3.63) is 101 Å². The molecule has 0 unspecified atom stereocenters. The van der Waals surface area contributed by atoms with Crippen molar-refractivity contribution in [3.63, 3.8) is 0 Å². The molecule has 0 spiro atoms. The van der Waals surface area contributed by atoms with Crippen molar-refractivity contribution in [1.29, 1.82) is 0 Å². The largest absolute Gasteiger partial charge is 0.422 e. The van der Waals surface area contributed by atoms with E-state index in [4.69, 9.17) is 4.42 Å². The molecule has 27 heavy (non-hydrogen) atoms. The van der Waals surface area contributed by atoms with Gasteiger partial charge in [-0.25, -0.2) is 4.79 Å². The maximum Gasteiger partial charge on any atom is 0.346 e. The molecule has 0 atom stereocenters. The van der Waals surface area contributed by atoms with Crippen LogP contribution in [0.5, 0.6) is 0 Å². The van der Waals surface area contributed by atoms with Crippen molar-refractivity contribution < 1.29 is 4.42 Å². The van der Waals surface area contributed by atoms with Crippen LogP contribution in [0.3, 0.4) is 0 Å². The average Bonchev–Trinajstić information content (AvgIpc) is 3.11. The lowest BCUT2D eigenvalue weighted by molar-refractivity contribution is 0.570. The Bertz CT molecular complexity index is 1330. The molecular formula is C24H17NO2. The Labute approximate surface area is 156 Å². The van der Waals surface area contributed by atoms with E-state index in [1.807, 2.05) is 60.8 Å². The third-order valence-corrected chi connectivity index (χ3v) is 4.95. The summed E-state index contributed by atoms with van der Waals surface area (Å²) in [5.41, 5.74) is 5.26. The fourth-order valence-corrected chi connectivity index (χ4v) is 3.63. The molecule has 0 saturated carbocycles. The molecule has 0 aliphatic heterocycles. The molecule has 0 saturated heterocycles. The lowest BCUT2D eigenvalue weighted by Gasteiger charge is -2.07. The molecule has 0 bridgehead atoms. The molecule has 3 heteroatoms. The van der Waals surface area contributed by atoms with Crippen LogP contribution in [-0.4, -0.2) is 4.57 Å². The second kappa shape index (κ2) is 5.99. The minimum absolute atomic E-state index is 0.312. The van der Waals surface area contributed by atoms with Gasteiger partial charge in [-0.15, -0.1) is 0 Å². The van der Waals surface area contributed by atoms with Crippen LogP contribution >= 0.6 is 0 Å². The van der Waals surface area contributed by atoms with E-state index in [0.717, 1.165) is 27.7 Å². The van der Waals surface area contributed by atoms with Gasteiger partial charge in [0, 0.05) is 22.8 Å². The molecule has 0 N–H and O–H groups in total. The lowest BCUT2D eigenvalue weighted by atomic mass is 10.1. The number of para-hydroxylation sites is 1. The van der Waals surface area contributed by atoms with Crippen LogP contribution in [0.25, 0.3) is 38.7 Å². The van der Waals surface area contributed by atoms with Crippen LogP contribution in [0.4, 0.5) is 0 Å². The van der Waals surface area contributed by atoms with E-state index >= 15 is 0 Å². The summed E-state index contributed by atoms with van der Waals surface area (Å²) in [6.07, 6.45) is 2.04. The predicted octanol–water partition coefficient (Wildman–Crippen LogP) is 5.71. The molecule has 130 valence electrons. The van der Waals surface area contributed by atoms with E-state index < -0.39 is 0 Å². The topological polar surface area (TPSA) is 35.1 Å². The summed E-state index contributed by atoms with van der Waals surface area (Å²) < 4.78 is 7.73. The Morgan fingerprint density at radius 2 is 1.52 bits per heavy atom. The number of aryl methyl sites for hydroxylation is 1. The molecule has 0 aliphatic rings. The Morgan fingerprint density at radius 3 is 2.30 bits per heavy atom. The molecule has 0 fully saturated rings. The van der Waals surface area contributed by atoms with Crippen LogP contribution in [0.1, 0.15) is 5.56 Å². The van der Waals surface area contributed by atoms with Crippen LogP contribution < -0.4 is 5.63 Å². The quantitative estimate of drug-likeness (QED) is 0.382. The summed E-state index contributed by atoms with van der Waals surface area (Å²) >= 11 is 0. The highest BCUT2D eigenvalue weighted by Gasteiger charge is 2.18. The number of aromatic nitrogens is 1. The normalized spacial score (nSPS) is 11.3. The first-order valence-corrected chi connectivity index (χ1v) is 8.92. The Hall–Kier alpha value is -3.59. The number of hydrogen-bond acceptors (Lipinski definition) is 2. The zero-order chi connectivity index (χ0) is 18.4. The standard InChI is InChI=1S/C24H17NO2/c1-16-11-13-18(14-12-16)25-15-20(17-7-3-2-4-8-17)22-23(25)19-9-5-6-10-21(19)27-24(22)26/h2-15H,1H3. The van der Waals surface area contributed by atoms with Crippen molar-refractivity contribution in [3.8, 4) is 16.8 Å². The van der Waals surface area contributed by atoms with E-state index in [1.54, 1.807) is 0 Å². The highest BCUT2D eigenvalue weighted by Crippen LogP contribution is 2.34. The number of hydrogen-bond donors (Lipinski definition) is 0. The van der Waals surface area contributed by atoms with Gasteiger partial charge in [0.2, 0.25) is 0 Å². The average molecular weight is 351 g/mol. The van der Waals surface area contributed by atoms with Crippen molar-refractivity contribution in [2.75, 3.05) is 0 Å². The van der Waals surface area contributed by atoms with Crippen molar-refractivity contribution in [2.24, 2.45) is 0 Å². The third-order valence-electron chi connectivity index (χ3n) is 4.95. The maximum atomic E-state index is 12.9. The fraction of sp³-hybridized carbons (Fsp3) is 0.0417. The Morgan fingerprint density at radius 1 is 0.815 bits per heavy atom. The zero-order valence-electron chi connectivity index (χ0n) is 14.8. The van der Waals surface area contributed by atoms with Crippen LogP contribution in [0, 0.1) is 6.92 Å².